The normalized spacial score (nSPS) is 10.3. The van der Waals surface area contributed by atoms with Crippen LogP contribution < -0.4 is 10.1 Å². The Balaban J connectivity index is 2.43. The van der Waals surface area contributed by atoms with Crippen molar-refractivity contribution in [1.82, 2.24) is 5.32 Å². The summed E-state index contributed by atoms with van der Waals surface area (Å²) in [6.45, 7) is 6.31. The predicted molar refractivity (Wildman–Crippen MR) is 71.1 cm³/mol. The summed E-state index contributed by atoms with van der Waals surface area (Å²) in [6.07, 6.45) is 2.01. The van der Waals surface area contributed by atoms with Crippen molar-refractivity contribution in [3.63, 3.8) is 0 Å². The van der Waals surface area contributed by atoms with E-state index in [4.69, 9.17) is 4.74 Å². The Morgan fingerprint density at radius 1 is 1.39 bits per heavy atom. The first-order valence-electron chi connectivity index (χ1n) is 6.24. The van der Waals surface area contributed by atoms with E-state index in [9.17, 15) is 10.1 Å². The van der Waals surface area contributed by atoms with Crippen LogP contribution in [-0.2, 0) is 0 Å². The Kier molecular flexibility index (Phi) is 6.14. The van der Waals surface area contributed by atoms with E-state index in [1.165, 1.54) is 6.07 Å². The molecule has 0 aliphatic heterocycles. The van der Waals surface area contributed by atoms with Crippen molar-refractivity contribution in [2.45, 2.75) is 26.7 Å². The van der Waals surface area contributed by atoms with Gasteiger partial charge in [-0.25, -0.2) is 0 Å². The van der Waals surface area contributed by atoms with E-state index in [1.807, 2.05) is 0 Å². The van der Waals surface area contributed by atoms with Crippen LogP contribution >= 0.6 is 0 Å². The van der Waals surface area contributed by atoms with Gasteiger partial charge in [-0.15, -0.1) is 0 Å². The SMILES string of the molecule is CCCNCCCOc1cccc([N+](=O)[O-])c1C. The second-order valence-electron chi connectivity index (χ2n) is 4.11. The highest BCUT2D eigenvalue weighted by Gasteiger charge is 2.13. The quantitative estimate of drug-likeness (QED) is 0.439. The van der Waals surface area contributed by atoms with Crippen LogP contribution in [0.5, 0.6) is 5.75 Å². The Morgan fingerprint density at radius 3 is 2.83 bits per heavy atom. The molecule has 0 aliphatic carbocycles. The van der Waals surface area contributed by atoms with Gasteiger partial charge < -0.3 is 10.1 Å². The number of nitrogens with zero attached hydrogens (tertiary/aromatic N) is 1. The maximum absolute atomic E-state index is 10.8. The summed E-state index contributed by atoms with van der Waals surface area (Å²) in [6, 6.07) is 4.91. The van der Waals surface area contributed by atoms with Gasteiger partial charge in [0.2, 0.25) is 0 Å². The van der Waals surface area contributed by atoms with E-state index in [1.54, 1.807) is 19.1 Å². The molecule has 0 amide bonds. The Morgan fingerprint density at radius 2 is 2.17 bits per heavy atom. The van der Waals surface area contributed by atoms with Crippen molar-refractivity contribution >= 4 is 5.69 Å². The first kappa shape index (κ1) is 14.4. The molecule has 0 radical (unpaired) electrons. The van der Waals surface area contributed by atoms with E-state index in [0.717, 1.165) is 25.9 Å². The summed E-state index contributed by atoms with van der Waals surface area (Å²) in [7, 11) is 0. The predicted octanol–water partition coefficient (Wildman–Crippen LogP) is 2.67. The van der Waals surface area contributed by atoms with Crippen LogP contribution in [0.1, 0.15) is 25.3 Å². The van der Waals surface area contributed by atoms with Crippen LogP contribution in [0.4, 0.5) is 5.69 Å². The summed E-state index contributed by atoms with van der Waals surface area (Å²) in [5.41, 5.74) is 0.695. The number of nitro benzene ring substituents is 1. The van der Waals surface area contributed by atoms with E-state index >= 15 is 0 Å². The molecule has 0 aliphatic rings. The third-order valence-electron chi connectivity index (χ3n) is 2.63. The minimum Gasteiger partial charge on any atom is -0.493 e. The molecule has 0 heterocycles. The number of rotatable bonds is 8. The van der Waals surface area contributed by atoms with E-state index in [-0.39, 0.29) is 10.6 Å². The second-order valence-corrected chi connectivity index (χ2v) is 4.11. The Hall–Kier alpha value is -1.62. The number of benzene rings is 1. The third-order valence-corrected chi connectivity index (χ3v) is 2.63. The molecular weight excluding hydrogens is 232 g/mol. The average molecular weight is 252 g/mol. The monoisotopic (exact) mass is 252 g/mol. The van der Waals surface area contributed by atoms with Crippen LogP contribution in [-0.4, -0.2) is 24.6 Å². The molecule has 0 bridgehead atoms. The first-order chi connectivity index (χ1) is 8.66. The van der Waals surface area contributed by atoms with Crippen molar-refractivity contribution in [3.05, 3.63) is 33.9 Å². The molecule has 0 fully saturated rings. The number of hydrogen-bond donors (Lipinski definition) is 1. The molecule has 1 N–H and O–H groups in total. The fraction of sp³-hybridized carbons (Fsp3) is 0.538. The largest absolute Gasteiger partial charge is 0.493 e. The molecule has 1 aromatic rings. The highest BCUT2D eigenvalue weighted by atomic mass is 16.6. The zero-order valence-electron chi connectivity index (χ0n) is 10.9. The maximum Gasteiger partial charge on any atom is 0.276 e. The summed E-state index contributed by atoms with van der Waals surface area (Å²) in [5, 5.41) is 14.0. The lowest BCUT2D eigenvalue weighted by Crippen LogP contribution is -2.18. The fourth-order valence-electron chi connectivity index (χ4n) is 1.64. The minimum absolute atomic E-state index is 0.108. The highest BCUT2D eigenvalue weighted by molar-refractivity contribution is 5.48. The van der Waals surface area contributed by atoms with Gasteiger partial charge in [0.25, 0.3) is 5.69 Å². The van der Waals surface area contributed by atoms with E-state index in [2.05, 4.69) is 12.2 Å². The molecule has 1 aromatic carbocycles. The van der Waals surface area contributed by atoms with E-state index < -0.39 is 0 Å². The van der Waals surface area contributed by atoms with Gasteiger partial charge >= 0.3 is 0 Å². The smallest absolute Gasteiger partial charge is 0.276 e. The van der Waals surface area contributed by atoms with Crippen LogP contribution in [0.2, 0.25) is 0 Å². The summed E-state index contributed by atoms with van der Waals surface area (Å²) in [5.74, 6) is 0.597. The van der Waals surface area contributed by atoms with Crippen LogP contribution in [0.25, 0.3) is 0 Å². The summed E-state index contributed by atoms with van der Waals surface area (Å²) >= 11 is 0. The van der Waals surface area contributed by atoms with Gasteiger partial charge in [-0.05, 0) is 38.9 Å². The molecule has 0 aromatic heterocycles. The van der Waals surface area contributed by atoms with Gasteiger partial charge in [0.1, 0.15) is 5.75 Å². The number of nitrogens with one attached hydrogen (secondary N) is 1. The highest BCUT2D eigenvalue weighted by Crippen LogP contribution is 2.26. The van der Waals surface area contributed by atoms with Crippen molar-refractivity contribution in [2.24, 2.45) is 0 Å². The topological polar surface area (TPSA) is 64.4 Å². The van der Waals surface area contributed by atoms with Gasteiger partial charge in [0.05, 0.1) is 17.1 Å². The molecule has 100 valence electrons. The van der Waals surface area contributed by atoms with Crippen molar-refractivity contribution in [3.8, 4) is 5.75 Å². The first-order valence-corrected chi connectivity index (χ1v) is 6.24. The zero-order valence-corrected chi connectivity index (χ0v) is 10.9. The molecule has 0 saturated heterocycles. The number of hydrogen-bond acceptors (Lipinski definition) is 4. The lowest BCUT2D eigenvalue weighted by atomic mass is 10.2. The lowest BCUT2D eigenvalue weighted by Gasteiger charge is -2.09. The molecule has 18 heavy (non-hydrogen) atoms. The molecule has 0 atom stereocenters. The van der Waals surface area contributed by atoms with Gasteiger partial charge in [-0.3, -0.25) is 10.1 Å². The minimum atomic E-state index is -0.384. The number of nitro groups is 1. The van der Waals surface area contributed by atoms with Gasteiger partial charge in [-0.2, -0.15) is 0 Å². The molecule has 5 heteroatoms. The van der Waals surface area contributed by atoms with Crippen molar-refractivity contribution in [2.75, 3.05) is 19.7 Å². The van der Waals surface area contributed by atoms with Crippen LogP contribution in [0.3, 0.4) is 0 Å². The molecule has 0 spiro atoms. The zero-order chi connectivity index (χ0) is 13.4. The second kappa shape index (κ2) is 7.66. The van der Waals surface area contributed by atoms with Crippen LogP contribution in [0, 0.1) is 17.0 Å². The van der Waals surface area contributed by atoms with Crippen LogP contribution in [0.15, 0.2) is 18.2 Å². The summed E-state index contributed by atoms with van der Waals surface area (Å²) < 4.78 is 5.56. The van der Waals surface area contributed by atoms with Crippen molar-refractivity contribution < 1.29 is 9.66 Å². The van der Waals surface area contributed by atoms with Gasteiger partial charge in [0.15, 0.2) is 0 Å². The van der Waals surface area contributed by atoms with Crippen molar-refractivity contribution in [1.29, 1.82) is 0 Å². The standard InChI is InChI=1S/C13H20N2O3/c1-3-8-14-9-5-10-18-13-7-4-6-12(11(13)2)15(16)17/h4,6-7,14H,3,5,8-10H2,1-2H3. The molecule has 0 saturated carbocycles. The Labute approximate surface area is 107 Å². The molecular formula is C13H20N2O3. The van der Waals surface area contributed by atoms with Gasteiger partial charge in [-0.1, -0.05) is 13.0 Å². The molecule has 1 rings (SSSR count). The number of ether oxygens (including phenoxy) is 1. The average Bonchev–Trinajstić information content (AvgIpc) is 2.35. The molecule has 0 unspecified atom stereocenters. The lowest BCUT2D eigenvalue weighted by molar-refractivity contribution is -0.385. The van der Waals surface area contributed by atoms with Gasteiger partial charge in [0, 0.05) is 6.07 Å². The third kappa shape index (κ3) is 4.33. The maximum atomic E-state index is 10.8. The fourth-order valence-corrected chi connectivity index (χ4v) is 1.64. The van der Waals surface area contributed by atoms with E-state index in [0.29, 0.717) is 17.9 Å². The Bertz CT molecular complexity index is 394. The molecule has 5 nitrogen and oxygen atoms in total. The summed E-state index contributed by atoms with van der Waals surface area (Å²) in [4.78, 5) is 10.4.